The summed E-state index contributed by atoms with van der Waals surface area (Å²) in [4.78, 5) is 11.4. The van der Waals surface area contributed by atoms with Crippen molar-refractivity contribution in [1.82, 2.24) is 15.5 Å². The van der Waals surface area contributed by atoms with E-state index in [1.165, 1.54) is 0 Å². The van der Waals surface area contributed by atoms with Gasteiger partial charge in [0.1, 0.15) is 0 Å². The molecule has 3 N–H and O–H groups in total. The van der Waals surface area contributed by atoms with Gasteiger partial charge in [-0.25, -0.2) is 0 Å². The predicted octanol–water partition coefficient (Wildman–Crippen LogP) is 0.275. The quantitative estimate of drug-likeness (QED) is 0.709. The van der Waals surface area contributed by atoms with Crippen LogP contribution in [0.2, 0.25) is 0 Å². The van der Waals surface area contributed by atoms with E-state index in [1.807, 2.05) is 13.8 Å². The summed E-state index contributed by atoms with van der Waals surface area (Å²) in [5.74, 6) is -0.267. The number of nitrogen functional groups attached to an aromatic ring is 1. The Balaban J connectivity index is 2.25. The first kappa shape index (κ1) is 11.9. The summed E-state index contributed by atoms with van der Waals surface area (Å²) in [6, 6.07) is 0. The number of hydrogen-bond acceptors (Lipinski definition) is 6. The number of rotatable bonds is 5. The van der Waals surface area contributed by atoms with E-state index in [9.17, 15) is 4.79 Å². The molecule has 1 aromatic rings. The fraction of sp³-hybridized carbons (Fsp3) is 0.625. The molecular weight excluding hydrogens is 216 g/mol. The molecule has 84 valence electrons. The molecule has 0 saturated carbocycles. The lowest BCUT2D eigenvalue weighted by Gasteiger charge is -2.07. The van der Waals surface area contributed by atoms with Gasteiger partial charge in [-0.1, -0.05) is 11.3 Å². The van der Waals surface area contributed by atoms with Crippen LogP contribution in [0.1, 0.15) is 23.6 Å². The molecule has 0 saturated heterocycles. The van der Waals surface area contributed by atoms with Crippen LogP contribution in [-0.4, -0.2) is 35.4 Å². The van der Waals surface area contributed by atoms with Crippen LogP contribution < -0.4 is 11.1 Å². The highest BCUT2D eigenvalue weighted by Crippen LogP contribution is 2.09. The number of carbonyl (C=O) groups excluding carboxylic acids is 1. The Morgan fingerprint density at radius 1 is 1.60 bits per heavy atom. The molecule has 0 aliphatic rings. The molecule has 1 heterocycles. The molecule has 1 aromatic heterocycles. The maximum atomic E-state index is 11.4. The third-order valence-corrected chi connectivity index (χ3v) is 2.22. The number of nitrogens with one attached hydrogen (secondary N) is 1. The summed E-state index contributed by atoms with van der Waals surface area (Å²) >= 11 is 1.06. The number of hydrogen-bond donors (Lipinski definition) is 2. The van der Waals surface area contributed by atoms with Gasteiger partial charge in [-0.3, -0.25) is 4.79 Å². The fourth-order valence-electron chi connectivity index (χ4n) is 0.861. The van der Waals surface area contributed by atoms with E-state index in [2.05, 4.69) is 15.5 Å². The first-order chi connectivity index (χ1) is 7.09. The summed E-state index contributed by atoms with van der Waals surface area (Å²) < 4.78 is 5.26. The number of nitrogens with zero attached hydrogens (tertiary/aromatic N) is 2. The molecule has 0 atom stereocenters. The number of ether oxygens (including phenoxy) is 1. The molecule has 0 radical (unpaired) electrons. The van der Waals surface area contributed by atoms with Gasteiger partial charge in [0.15, 0.2) is 0 Å². The van der Waals surface area contributed by atoms with Gasteiger partial charge in [0.05, 0.1) is 12.7 Å². The zero-order chi connectivity index (χ0) is 11.3. The van der Waals surface area contributed by atoms with Crippen LogP contribution >= 0.6 is 11.3 Å². The van der Waals surface area contributed by atoms with Crippen LogP contribution in [0.25, 0.3) is 0 Å². The lowest BCUT2D eigenvalue weighted by Crippen LogP contribution is -2.27. The van der Waals surface area contributed by atoms with Crippen molar-refractivity contribution in [1.29, 1.82) is 0 Å². The number of amides is 1. The predicted molar refractivity (Wildman–Crippen MR) is 57.7 cm³/mol. The molecule has 0 unspecified atom stereocenters. The van der Waals surface area contributed by atoms with Crippen molar-refractivity contribution in [2.75, 3.05) is 18.9 Å². The Hall–Kier alpha value is -1.21. The highest BCUT2D eigenvalue weighted by atomic mass is 32.1. The average Bonchev–Trinajstić information content (AvgIpc) is 2.59. The standard InChI is InChI=1S/C8H14N4O2S/c1-5(2)14-4-3-10-6(13)7-11-12-8(9)15-7/h5H,3-4H2,1-2H3,(H2,9,12)(H,10,13). The van der Waals surface area contributed by atoms with E-state index < -0.39 is 0 Å². The second-order valence-corrected chi connectivity index (χ2v) is 4.13. The van der Waals surface area contributed by atoms with Crippen molar-refractivity contribution in [3.05, 3.63) is 5.01 Å². The highest BCUT2D eigenvalue weighted by molar-refractivity contribution is 7.16. The monoisotopic (exact) mass is 230 g/mol. The van der Waals surface area contributed by atoms with Crippen molar-refractivity contribution in [3.63, 3.8) is 0 Å². The van der Waals surface area contributed by atoms with E-state index in [1.54, 1.807) is 0 Å². The van der Waals surface area contributed by atoms with Crippen molar-refractivity contribution in [3.8, 4) is 0 Å². The Kier molecular flexibility index (Phi) is 4.44. The van der Waals surface area contributed by atoms with Gasteiger partial charge in [-0.05, 0) is 13.8 Å². The van der Waals surface area contributed by atoms with Gasteiger partial charge in [0, 0.05) is 6.54 Å². The van der Waals surface area contributed by atoms with E-state index in [-0.39, 0.29) is 17.0 Å². The smallest absolute Gasteiger partial charge is 0.282 e. The first-order valence-corrected chi connectivity index (χ1v) is 5.40. The van der Waals surface area contributed by atoms with Gasteiger partial charge >= 0.3 is 0 Å². The van der Waals surface area contributed by atoms with Gasteiger partial charge in [-0.2, -0.15) is 0 Å². The van der Waals surface area contributed by atoms with Crippen LogP contribution in [0.4, 0.5) is 5.13 Å². The van der Waals surface area contributed by atoms with Crippen LogP contribution in [0, 0.1) is 0 Å². The Morgan fingerprint density at radius 3 is 2.87 bits per heavy atom. The Labute approximate surface area is 91.8 Å². The lowest BCUT2D eigenvalue weighted by molar-refractivity contribution is 0.0746. The minimum absolute atomic E-state index is 0.166. The second-order valence-electron chi connectivity index (χ2n) is 3.12. The zero-order valence-electron chi connectivity index (χ0n) is 8.69. The Bertz CT molecular complexity index is 326. The summed E-state index contributed by atoms with van der Waals surface area (Å²) in [5.41, 5.74) is 5.35. The largest absolute Gasteiger partial charge is 0.377 e. The molecule has 0 aromatic carbocycles. The zero-order valence-corrected chi connectivity index (χ0v) is 9.50. The molecule has 0 fully saturated rings. The summed E-state index contributed by atoms with van der Waals surface area (Å²) in [7, 11) is 0. The fourth-order valence-corrected chi connectivity index (χ4v) is 1.39. The van der Waals surface area contributed by atoms with E-state index >= 15 is 0 Å². The van der Waals surface area contributed by atoms with Crippen molar-refractivity contribution < 1.29 is 9.53 Å². The van der Waals surface area contributed by atoms with Crippen molar-refractivity contribution >= 4 is 22.4 Å². The molecule has 0 aliphatic heterocycles. The van der Waals surface area contributed by atoms with Crippen LogP contribution in [-0.2, 0) is 4.74 Å². The van der Waals surface area contributed by atoms with Crippen molar-refractivity contribution in [2.45, 2.75) is 20.0 Å². The van der Waals surface area contributed by atoms with E-state index in [0.717, 1.165) is 11.3 Å². The minimum Gasteiger partial charge on any atom is -0.377 e. The maximum Gasteiger partial charge on any atom is 0.282 e. The van der Waals surface area contributed by atoms with Gasteiger partial charge < -0.3 is 15.8 Å². The molecule has 15 heavy (non-hydrogen) atoms. The van der Waals surface area contributed by atoms with Gasteiger partial charge in [0.2, 0.25) is 10.1 Å². The van der Waals surface area contributed by atoms with Gasteiger partial charge in [0.25, 0.3) is 5.91 Å². The SMILES string of the molecule is CC(C)OCCNC(=O)c1nnc(N)s1. The molecule has 1 rings (SSSR count). The first-order valence-electron chi connectivity index (χ1n) is 4.58. The average molecular weight is 230 g/mol. The van der Waals surface area contributed by atoms with E-state index in [4.69, 9.17) is 10.5 Å². The number of aromatic nitrogens is 2. The molecule has 0 bridgehead atoms. The third kappa shape index (κ3) is 4.22. The summed E-state index contributed by atoms with van der Waals surface area (Å²) in [6.07, 6.45) is 0.166. The molecule has 6 nitrogen and oxygen atoms in total. The van der Waals surface area contributed by atoms with Crippen molar-refractivity contribution in [2.24, 2.45) is 0 Å². The van der Waals surface area contributed by atoms with Gasteiger partial charge in [-0.15, -0.1) is 10.2 Å². The van der Waals surface area contributed by atoms with Crippen LogP contribution in [0.5, 0.6) is 0 Å². The Morgan fingerprint density at radius 2 is 2.33 bits per heavy atom. The summed E-state index contributed by atoms with van der Waals surface area (Å²) in [5, 5.41) is 10.4. The normalized spacial score (nSPS) is 10.6. The summed E-state index contributed by atoms with van der Waals surface area (Å²) in [6.45, 7) is 4.81. The molecular formula is C8H14N4O2S. The van der Waals surface area contributed by atoms with Crippen LogP contribution in [0.3, 0.4) is 0 Å². The second kappa shape index (κ2) is 5.62. The number of carbonyl (C=O) groups is 1. The maximum absolute atomic E-state index is 11.4. The lowest BCUT2D eigenvalue weighted by atomic mass is 10.5. The molecule has 1 amide bonds. The van der Waals surface area contributed by atoms with E-state index in [0.29, 0.717) is 18.3 Å². The third-order valence-electron chi connectivity index (χ3n) is 1.47. The highest BCUT2D eigenvalue weighted by Gasteiger charge is 2.10. The molecule has 7 heteroatoms. The van der Waals surface area contributed by atoms with Crippen LogP contribution in [0.15, 0.2) is 0 Å². The number of nitrogens with two attached hydrogens (primary N) is 1. The minimum atomic E-state index is -0.267. The molecule has 0 spiro atoms. The topological polar surface area (TPSA) is 90.1 Å². The molecule has 0 aliphatic carbocycles. The number of anilines is 1.